The van der Waals surface area contributed by atoms with Crippen LogP contribution in [0.5, 0.6) is 0 Å². The van der Waals surface area contributed by atoms with Gasteiger partial charge in [-0.3, -0.25) is 9.59 Å². The normalized spacial score (nSPS) is 9.23. The Labute approximate surface area is 75.7 Å². The second-order valence-corrected chi connectivity index (χ2v) is 2.39. The van der Waals surface area contributed by atoms with Crippen molar-refractivity contribution in [3.05, 3.63) is 42.4 Å². The quantitative estimate of drug-likeness (QED) is 0.685. The van der Waals surface area contributed by atoms with Crippen molar-refractivity contribution in [2.24, 2.45) is 5.73 Å². The standard InChI is InChI=1S/C9H9N2O2/c10-8(12)6-11-9(13)7-4-2-1-3-5-7/h1-6H,(H2,10,12)(H,11,13). The lowest BCUT2D eigenvalue weighted by molar-refractivity contribution is -0.115. The molecule has 4 heteroatoms. The van der Waals surface area contributed by atoms with Crippen LogP contribution in [0.15, 0.2) is 30.3 Å². The molecular formula is C9H9N2O2. The summed E-state index contributed by atoms with van der Waals surface area (Å²) in [7, 11) is 0. The van der Waals surface area contributed by atoms with E-state index in [2.05, 4.69) is 5.32 Å². The number of hydrogen-bond donors (Lipinski definition) is 2. The first kappa shape index (κ1) is 9.25. The van der Waals surface area contributed by atoms with Crippen molar-refractivity contribution >= 4 is 11.8 Å². The minimum Gasteiger partial charge on any atom is -0.368 e. The summed E-state index contributed by atoms with van der Waals surface area (Å²) in [5, 5.41) is 2.26. The van der Waals surface area contributed by atoms with E-state index in [1.807, 2.05) is 0 Å². The molecule has 0 saturated heterocycles. The molecule has 13 heavy (non-hydrogen) atoms. The first-order chi connectivity index (χ1) is 6.20. The minimum absolute atomic E-state index is 0.348. The molecule has 1 aromatic rings. The number of nitrogens with one attached hydrogen (secondary N) is 1. The molecule has 1 aromatic carbocycles. The lowest BCUT2D eigenvalue weighted by Gasteiger charge is -2.00. The molecule has 3 N–H and O–H groups in total. The molecule has 0 bridgehead atoms. The van der Waals surface area contributed by atoms with Gasteiger partial charge in [0.05, 0.1) is 0 Å². The zero-order valence-electron chi connectivity index (χ0n) is 6.86. The summed E-state index contributed by atoms with van der Waals surface area (Å²) in [6, 6.07) is 8.56. The van der Waals surface area contributed by atoms with Crippen LogP contribution in [0.2, 0.25) is 0 Å². The Morgan fingerprint density at radius 2 is 1.85 bits per heavy atom. The van der Waals surface area contributed by atoms with Crippen molar-refractivity contribution < 1.29 is 9.59 Å². The molecule has 0 unspecified atom stereocenters. The number of nitrogens with two attached hydrogens (primary N) is 1. The van der Waals surface area contributed by atoms with Gasteiger partial charge in [-0.25, -0.2) is 0 Å². The summed E-state index contributed by atoms with van der Waals surface area (Å²) in [4.78, 5) is 21.5. The van der Waals surface area contributed by atoms with E-state index in [9.17, 15) is 9.59 Å². The second-order valence-electron chi connectivity index (χ2n) is 2.39. The van der Waals surface area contributed by atoms with Crippen molar-refractivity contribution in [1.82, 2.24) is 5.32 Å². The van der Waals surface area contributed by atoms with Crippen LogP contribution in [0.4, 0.5) is 0 Å². The highest BCUT2D eigenvalue weighted by Gasteiger charge is 2.04. The van der Waals surface area contributed by atoms with Crippen LogP contribution in [-0.4, -0.2) is 11.8 Å². The fourth-order valence-corrected chi connectivity index (χ4v) is 0.810. The smallest absolute Gasteiger partial charge is 0.252 e. The van der Waals surface area contributed by atoms with Gasteiger partial charge in [-0.2, -0.15) is 0 Å². The molecule has 1 rings (SSSR count). The molecule has 0 aromatic heterocycles. The van der Waals surface area contributed by atoms with Gasteiger partial charge in [-0.15, -0.1) is 0 Å². The van der Waals surface area contributed by atoms with Gasteiger partial charge in [0.1, 0.15) is 6.54 Å². The topological polar surface area (TPSA) is 72.2 Å². The van der Waals surface area contributed by atoms with Gasteiger partial charge in [0, 0.05) is 5.56 Å². The summed E-state index contributed by atoms with van der Waals surface area (Å²) in [6.45, 7) is 0.926. The average Bonchev–Trinajstić information content (AvgIpc) is 2.15. The van der Waals surface area contributed by atoms with E-state index in [-0.39, 0.29) is 5.91 Å². The summed E-state index contributed by atoms with van der Waals surface area (Å²) >= 11 is 0. The van der Waals surface area contributed by atoms with Gasteiger partial charge in [-0.1, -0.05) is 18.2 Å². The first-order valence-electron chi connectivity index (χ1n) is 3.68. The number of rotatable bonds is 3. The van der Waals surface area contributed by atoms with Crippen molar-refractivity contribution in [1.29, 1.82) is 0 Å². The Hall–Kier alpha value is -1.84. The van der Waals surface area contributed by atoms with Crippen LogP contribution < -0.4 is 11.1 Å². The van der Waals surface area contributed by atoms with E-state index < -0.39 is 5.91 Å². The zero-order chi connectivity index (χ0) is 9.68. The van der Waals surface area contributed by atoms with E-state index in [1.54, 1.807) is 30.3 Å². The highest BCUT2D eigenvalue weighted by atomic mass is 16.2. The maximum atomic E-state index is 11.2. The van der Waals surface area contributed by atoms with Crippen molar-refractivity contribution in [3.63, 3.8) is 0 Å². The third kappa shape index (κ3) is 2.94. The Morgan fingerprint density at radius 1 is 1.23 bits per heavy atom. The molecular weight excluding hydrogens is 168 g/mol. The number of primary amides is 1. The molecule has 0 atom stereocenters. The summed E-state index contributed by atoms with van der Waals surface area (Å²) in [5.74, 6) is -1.02. The number of benzene rings is 1. The van der Waals surface area contributed by atoms with Gasteiger partial charge in [0.25, 0.3) is 5.91 Å². The van der Waals surface area contributed by atoms with Gasteiger partial charge in [0.2, 0.25) is 5.91 Å². The van der Waals surface area contributed by atoms with Crippen LogP contribution in [-0.2, 0) is 4.79 Å². The van der Waals surface area contributed by atoms with Crippen LogP contribution in [0.3, 0.4) is 0 Å². The van der Waals surface area contributed by atoms with Gasteiger partial charge < -0.3 is 11.1 Å². The van der Waals surface area contributed by atoms with Crippen LogP contribution in [0.25, 0.3) is 0 Å². The minimum atomic E-state index is -0.677. The lowest BCUT2D eigenvalue weighted by Crippen LogP contribution is -2.28. The number of carbonyl (C=O) groups is 2. The van der Waals surface area contributed by atoms with E-state index in [0.717, 1.165) is 6.54 Å². The average molecular weight is 177 g/mol. The predicted octanol–water partition coefficient (Wildman–Crippen LogP) is 0.0635. The van der Waals surface area contributed by atoms with Crippen molar-refractivity contribution in [2.45, 2.75) is 0 Å². The first-order valence-corrected chi connectivity index (χ1v) is 3.68. The lowest BCUT2D eigenvalue weighted by atomic mass is 10.2. The summed E-state index contributed by atoms with van der Waals surface area (Å²) < 4.78 is 0. The Bertz CT molecular complexity index is 309. The molecule has 2 amide bonds. The predicted molar refractivity (Wildman–Crippen MR) is 47.4 cm³/mol. The summed E-state index contributed by atoms with van der Waals surface area (Å²) in [5.41, 5.74) is 5.30. The Morgan fingerprint density at radius 3 is 2.38 bits per heavy atom. The Kier molecular flexibility index (Phi) is 3.03. The molecule has 0 heterocycles. The molecule has 1 radical (unpaired) electrons. The van der Waals surface area contributed by atoms with E-state index in [4.69, 9.17) is 5.73 Å². The van der Waals surface area contributed by atoms with Crippen molar-refractivity contribution in [3.8, 4) is 0 Å². The largest absolute Gasteiger partial charge is 0.368 e. The molecule has 0 saturated carbocycles. The van der Waals surface area contributed by atoms with E-state index in [1.165, 1.54) is 0 Å². The molecule has 0 aliphatic carbocycles. The molecule has 0 aliphatic heterocycles. The second kappa shape index (κ2) is 4.25. The highest BCUT2D eigenvalue weighted by molar-refractivity contribution is 5.98. The third-order valence-electron chi connectivity index (χ3n) is 1.38. The van der Waals surface area contributed by atoms with E-state index >= 15 is 0 Å². The van der Waals surface area contributed by atoms with Gasteiger partial charge in [-0.05, 0) is 12.1 Å². The fourth-order valence-electron chi connectivity index (χ4n) is 0.810. The molecule has 4 nitrogen and oxygen atoms in total. The highest BCUT2D eigenvalue weighted by Crippen LogP contribution is 1.97. The van der Waals surface area contributed by atoms with Crippen molar-refractivity contribution in [2.75, 3.05) is 0 Å². The zero-order valence-corrected chi connectivity index (χ0v) is 6.86. The maximum absolute atomic E-state index is 11.2. The molecule has 67 valence electrons. The number of hydrogen-bond acceptors (Lipinski definition) is 2. The number of carbonyl (C=O) groups excluding carboxylic acids is 2. The van der Waals surface area contributed by atoms with Crippen LogP contribution in [0, 0.1) is 6.54 Å². The Balaban J connectivity index is 2.54. The third-order valence-corrected chi connectivity index (χ3v) is 1.38. The maximum Gasteiger partial charge on any atom is 0.252 e. The fraction of sp³-hybridized carbons (Fsp3) is 0. The van der Waals surface area contributed by atoms with Crippen LogP contribution >= 0.6 is 0 Å². The SMILES string of the molecule is NC(=O)[CH]NC(=O)c1ccccc1. The summed E-state index contributed by atoms with van der Waals surface area (Å²) in [6.07, 6.45) is 0. The van der Waals surface area contributed by atoms with Gasteiger partial charge >= 0.3 is 0 Å². The van der Waals surface area contributed by atoms with Crippen LogP contribution in [0.1, 0.15) is 10.4 Å². The molecule has 0 aliphatic rings. The molecule has 0 fully saturated rings. The monoisotopic (exact) mass is 177 g/mol. The van der Waals surface area contributed by atoms with E-state index in [0.29, 0.717) is 5.56 Å². The number of amides is 2. The molecule has 0 spiro atoms. The van der Waals surface area contributed by atoms with Gasteiger partial charge in [0.15, 0.2) is 0 Å².